The fourth-order valence-electron chi connectivity index (χ4n) is 3.15. The quantitative estimate of drug-likeness (QED) is 0.635. The standard InChI is InChI=1S/C24H22N4O2/c1-3-17-8-6-9-18(4-2)22(17)28-24(30)20-12-19(14-26-15-20)23(29)27-21-10-5-7-16(11-21)13-25/h5-12,14-15H,3-4H2,1-2H3,(H,27,29)(H,28,30). The van der Waals surface area contributed by atoms with Crippen LogP contribution in [0.1, 0.15) is 51.3 Å². The van der Waals surface area contributed by atoms with E-state index < -0.39 is 5.91 Å². The van der Waals surface area contributed by atoms with E-state index in [0.717, 1.165) is 29.7 Å². The number of nitrogens with zero attached hydrogens (tertiary/aromatic N) is 2. The van der Waals surface area contributed by atoms with Crippen LogP contribution in [0, 0.1) is 11.3 Å². The summed E-state index contributed by atoms with van der Waals surface area (Å²) in [6.45, 7) is 4.08. The normalized spacial score (nSPS) is 10.2. The van der Waals surface area contributed by atoms with Crippen molar-refractivity contribution in [2.45, 2.75) is 26.7 Å². The summed E-state index contributed by atoms with van der Waals surface area (Å²) >= 11 is 0. The molecule has 1 aromatic heterocycles. The van der Waals surface area contributed by atoms with Crippen molar-refractivity contribution in [1.29, 1.82) is 5.26 Å². The molecule has 150 valence electrons. The zero-order chi connectivity index (χ0) is 21.5. The molecule has 0 aliphatic rings. The highest BCUT2D eigenvalue weighted by molar-refractivity contribution is 6.08. The second kappa shape index (κ2) is 9.48. The Morgan fingerprint density at radius 1 is 0.900 bits per heavy atom. The van der Waals surface area contributed by atoms with Crippen LogP contribution in [-0.4, -0.2) is 16.8 Å². The molecule has 0 saturated heterocycles. The van der Waals surface area contributed by atoms with Gasteiger partial charge in [-0.2, -0.15) is 5.26 Å². The van der Waals surface area contributed by atoms with Crippen LogP contribution < -0.4 is 10.6 Å². The summed E-state index contributed by atoms with van der Waals surface area (Å²) in [7, 11) is 0. The molecular formula is C24H22N4O2. The van der Waals surface area contributed by atoms with Gasteiger partial charge in [-0.1, -0.05) is 38.1 Å². The van der Waals surface area contributed by atoms with Crippen LogP contribution in [0.3, 0.4) is 0 Å². The number of rotatable bonds is 6. The van der Waals surface area contributed by atoms with Crippen molar-refractivity contribution in [3.63, 3.8) is 0 Å². The first kappa shape index (κ1) is 20.7. The number of anilines is 2. The molecule has 2 N–H and O–H groups in total. The highest BCUT2D eigenvalue weighted by atomic mass is 16.2. The van der Waals surface area contributed by atoms with Gasteiger partial charge in [-0.15, -0.1) is 0 Å². The van der Waals surface area contributed by atoms with Gasteiger partial charge in [-0.05, 0) is 48.2 Å². The molecule has 2 amide bonds. The van der Waals surface area contributed by atoms with Gasteiger partial charge >= 0.3 is 0 Å². The van der Waals surface area contributed by atoms with Crippen LogP contribution in [0.5, 0.6) is 0 Å². The van der Waals surface area contributed by atoms with E-state index in [1.807, 2.05) is 38.1 Å². The van der Waals surface area contributed by atoms with E-state index in [0.29, 0.717) is 16.8 Å². The maximum atomic E-state index is 12.8. The number of nitrogens with one attached hydrogen (secondary N) is 2. The minimum absolute atomic E-state index is 0.254. The third kappa shape index (κ3) is 4.70. The van der Waals surface area contributed by atoms with Crippen molar-refractivity contribution >= 4 is 23.2 Å². The fraction of sp³-hybridized carbons (Fsp3) is 0.167. The van der Waals surface area contributed by atoms with Crippen LogP contribution >= 0.6 is 0 Å². The van der Waals surface area contributed by atoms with Gasteiger partial charge in [-0.3, -0.25) is 14.6 Å². The maximum Gasteiger partial charge on any atom is 0.257 e. The number of para-hydroxylation sites is 1. The van der Waals surface area contributed by atoms with Crippen LogP contribution in [0.2, 0.25) is 0 Å². The largest absolute Gasteiger partial charge is 0.322 e. The van der Waals surface area contributed by atoms with Gasteiger partial charge in [-0.25, -0.2) is 0 Å². The summed E-state index contributed by atoms with van der Waals surface area (Å²) in [4.78, 5) is 29.5. The number of aromatic nitrogens is 1. The zero-order valence-electron chi connectivity index (χ0n) is 16.9. The topological polar surface area (TPSA) is 94.9 Å². The molecule has 0 unspecified atom stereocenters. The van der Waals surface area contributed by atoms with Gasteiger partial charge in [0.15, 0.2) is 0 Å². The first-order valence-corrected chi connectivity index (χ1v) is 9.74. The van der Waals surface area contributed by atoms with Crippen molar-refractivity contribution in [1.82, 2.24) is 4.98 Å². The number of carbonyl (C=O) groups excluding carboxylic acids is 2. The summed E-state index contributed by atoms with van der Waals surface area (Å²) < 4.78 is 0. The molecule has 30 heavy (non-hydrogen) atoms. The second-order valence-electron chi connectivity index (χ2n) is 6.72. The van der Waals surface area contributed by atoms with E-state index in [-0.39, 0.29) is 11.5 Å². The number of hydrogen-bond donors (Lipinski definition) is 2. The molecule has 0 spiro atoms. The Morgan fingerprint density at radius 2 is 1.50 bits per heavy atom. The summed E-state index contributed by atoms with van der Waals surface area (Å²) in [6.07, 6.45) is 4.43. The van der Waals surface area contributed by atoms with Crippen molar-refractivity contribution in [2.75, 3.05) is 10.6 Å². The monoisotopic (exact) mass is 398 g/mol. The SMILES string of the molecule is CCc1cccc(CC)c1NC(=O)c1cncc(C(=O)Nc2cccc(C#N)c2)c1. The minimum atomic E-state index is -0.407. The molecule has 0 radical (unpaired) electrons. The molecule has 0 aliphatic carbocycles. The fourth-order valence-corrected chi connectivity index (χ4v) is 3.15. The summed E-state index contributed by atoms with van der Waals surface area (Å²) in [5.41, 5.74) is 4.42. The Balaban J connectivity index is 1.81. The first-order chi connectivity index (χ1) is 14.5. The molecule has 0 aliphatic heterocycles. The third-order valence-corrected chi connectivity index (χ3v) is 4.75. The van der Waals surface area contributed by atoms with Gasteiger partial charge in [0.05, 0.1) is 22.8 Å². The first-order valence-electron chi connectivity index (χ1n) is 9.74. The lowest BCUT2D eigenvalue weighted by Crippen LogP contribution is -2.17. The highest BCUT2D eigenvalue weighted by Gasteiger charge is 2.15. The number of carbonyl (C=O) groups is 2. The van der Waals surface area contributed by atoms with Crippen molar-refractivity contribution < 1.29 is 9.59 Å². The van der Waals surface area contributed by atoms with Crippen LogP contribution in [0.25, 0.3) is 0 Å². The third-order valence-electron chi connectivity index (χ3n) is 4.75. The van der Waals surface area contributed by atoms with Gasteiger partial charge in [0.2, 0.25) is 0 Å². The van der Waals surface area contributed by atoms with Crippen molar-refractivity contribution in [3.05, 3.63) is 88.7 Å². The number of nitriles is 1. The summed E-state index contributed by atoms with van der Waals surface area (Å²) in [5.74, 6) is -0.727. The number of aryl methyl sites for hydroxylation is 2. The van der Waals surface area contributed by atoms with E-state index in [1.54, 1.807) is 24.3 Å². The molecular weight excluding hydrogens is 376 g/mol. The second-order valence-corrected chi connectivity index (χ2v) is 6.72. The van der Waals surface area contributed by atoms with E-state index in [1.165, 1.54) is 18.5 Å². The lowest BCUT2D eigenvalue weighted by Gasteiger charge is -2.14. The van der Waals surface area contributed by atoms with E-state index in [4.69, 9.17) is 5.26 Å². The van der Waals surface area contributed by atoms with E-state index >= 15 is 0 Å². The predicted molar refractivity (Wildman–Crippen MR) is 116 cm³/mol. The number of hydrogen-bond acceptors (Lipinski definition) is 4. The molecule has 6 nitrogen and oxygen atoms in total. The van der Waals surface area contributed by atoms with Crippen LogP contribution in [-0.2, 0) is 12.8 Å². The highest BCUT2D eigenvalue weighted by Crippen LogP contribution is 2.23. The van der Waals surface area contributed by atoms with Crippen molar-refractivity contribution in [2.24, 2.45) is 0 Å². The average Bonchev–Trinajstić information content (AvgIpc) is 2.79. The summed E-state index contributed by atoms with van der Waals surface area (Å²) in [5, 5.41) is 14.7. The Labute approximate surface area is 175 Å². The lowest BCUT2D eigenvalue weighted by molar-refractivity contribution is 0.102. The minimum Gasteiger partial charge on any atom is -0.322 e. The maximum absolute atomic E-state index is 12.8. The van der Waals surface area contributed by atoms with Gasteiger partial charge in [0.25, 0.3) is 11.8 Å². The molecule has 3 rings (SSSR count). The Hall–Kier alpha value is -3.98. The molecule has 2 aromatic carbocycles. The Kier molecular flexibility index (Phi) is 6.56. The zero-order valence-corrected chi connectivity index (χ0v) is 16.9. The van der Waals surface area contributed by atoms with Gasteiger partial charge in [0.1, 0.15) is 0 Å². The van der Waals surface area contributed by atoms with E-state index in [9.17, 15) is 9.59 Å². The van der Waals surface area contributed by atoms with Gasteiger partial charge < -0.3 is 10.6 Å². The number of amides is 2. The van der Waals surface area contributed by atoms with Gasteiger partial charge in [0, 0.05) is 23.8 Å². The molecule has 0 fully saturated rings. The molecule has 6 heteroatoms. The number of pyridine rings is 1. The smallest absolute Gasteiger partial charge is 0.257 e. The van der Waals surface area contributed by atoms with Crippen molar-refractivity contribution in [3.8, 4) is 6.07 Å². The molecule has 3 aromatic rings. The molecule has 0 bridgehead atoms. The molecule has 1 heterocycles. The van der Waals surface area contributed by atoms with E-state index in [2.05, 4.69) is 15.6 Å². The predicted octanol–water partition coefficient (Wildman–Crippen LogP) is 4.58. The van der Waals surface area contributed by atoms with Crippen LogP contribution in [0.4, 0.5) is 11.4 Å². The Bertz CT molecular complexity index is 1110. The molecule has 0 atom stereocenters. The van der Waals surface area contributed by atoms with Crippen LogP contribution in [0.15, 0.2) is 60.9 Å². The molecule has 0 saturated carbocycles. The number of benzene rings is 2. The average molecular weight is 398 g/mol. The Morgan fingerprint density at radius 3 is 2.10 bits per heavy atom. The lowest BCUT2D eigenvalue weighted by atomic mass is 10.0. The summed E-state index contributed by atoms with van der Waals surface area (Å²) in [6, 6.07) is 16.1.